The van der Waals surface area contributed by atoms with E-state index in [1.165, 1.54) is 4.57 Å². The maximum Gasteiger partial charge on any atom is 0.348 e. The van der Waals surface area contributed by atoms with Crippen molar-refractivity contribution in [1.82, 2.24) is 14.8 Å². The quantitative estimate of drug-likeness (QED) is 0.752. The Morgan fingerprint density at radius 2 is 1.82 bits per heavy atom. The number of aromatic nitrogens is 3. The third-order valence-corrected chi connectivity index (χ3v) is 3.19. The average molecular weight is 296 g/mol. The minimum atomic E-state index is -0.312. The van der Waals surface area contributed by atoms with E-state index >= 15 is 0 Å². The second-order valence-corrected chi connectivity index (χ2v) is 4.70. The van der Waals surface area contributed by atoms with Crippen molar-refractivity contribution in [2.75, 3.05) is 6.54 Å². The summed E-state index contributed by atoms with van der Waals surface area (Å²) in [4.78, 5) is 12.1. The van der Waals surface area contributed by atoms with Crippen LogP contribution in [0.15, 0.2) is 59.4 Å². The van der Waals surface area contributed by atoms with Crippen molar-refractivity contribution in [2.24, 2.45) is 5.73 Å². The Kier molecular flexibility index (Phi) is 4.02. The third kappa shape index (κ3) is 2.77. The van der Waals surface area contributed by atoms with Crippen LogP contribution in [-0.4, -0.2) is 21.3 Å². The molecule has 0 aliphatic heterocycles. The number of benzene rings is 2. The van der Waals surface area contributed by atoms with Gasteiger partial charge in [0.25, 0.3) is 0 Å². The van der Waals surface area contributed by atoms with Gasteiger partial charge in [-0.05, 0) is 30.8 Å². The molecule has 0 fully saturated rings. The fraction of sp³-hybridized carbons (Fsp3) is 0.125. The number of ether oxygens (including phenoxy) is 1. The Balaban J connectivity index is 2.05. The normalized spacial score (nSPS) is 10.6. The Bertz CT molecular complexity index is 808. The molecule has 0 unspecified atom stereocenters. The highest BCUT2D eigenvalue weighted by molar-refractivity contribution is 5.49. The molecule has 1 aromatic heterocycles. The highest BCUT2D eigenvalue weighted by atomic mass is 16.5. The van der Waals surface area contributed by atoms with E-state index < -0.39 is 0 Å². The van der Waals surface area contributed by atoms with Gasteiger partial charge in [0.2, 0.25) is 0 Å². The maximum absolute atomic E-state index is 12.1. The predicted octanol–water partition coefficient (Wildman–Crippen LogP) is 1.85. The zero-order valence-corrected chi connectivity index (χ0v) is 11.9. The average Bonchev–Trinajstić information content (AvgIpc) is 2.90. The molecule has 6 heteroatoms. The van der Waals surface area contributed by atoms with Gasteiger partial charge in [-0.15, -0.1) is 0 Å². The van der Waals surface area contributed by atoms with E-state index in [9.17, 15) is 4.79 Å². The van der Waals surface area contributed by atoms with Crippen LogP contribution in [0.4, 0.5) is 0 Å². The molecule has 2 aromatic carbocycles. The van der Waals surface area contributed by atoms with Crippen molar-refractivity contribution >= 4 is 0 Å². The lowest BCUT2D eigenvalue weighted by Gasteiger charge is -2.12. The zero-order chi connectivity index (χ0) is 15.4. The minimum Gasteiger partial charge on any atom is -0.455 e. The summed E-state index contributed by atoms with van der Waals surface area (Å²) in [7, 11) is 0. The van der Waals surface area contributed by atoms with Crippen LogP contribution in [0.2, 0.25) is 0 Å². The van der Waals surface area contributed by atoms with Gasteiger partial charge in [0.1, 0.15) is 11.6 Å². The molecule has 3 N–H and O–H groups in total. The minimum absolute atomic E-state index is 0.312. The van der Waals surface area contributed by atoms with Gasteiger partial charge < -0.3 is 10.5 Å². The summed E-state index contributed by atoms with van der Waals surface area (Å²) in [6.07, 6.45) is 0.498. The number of aromatic amines is 1. The number of nitrogens with one attached hydrogen (secondary N) is 1. The Hall–Kier alpha value is -2.86. The molecule has 0 aliphatic rings. The van der Waals surface area contributed by atoms with Gasteiger partial charge in [0.05, 0.1) is 5.69 Å². The van der Waals surface area contributed by atoms with Crippen LogP contribution in [0, 0.1) is 0 Å². The standard InChI is InChI=1S/C16H16N4O2/c17-11-10-15-18-19-16(21)20(15)13-8-4-5-9-14(13)22-12-6-2-1-3-7-12/h1-9H,10-11,17H2,(H,19,21). The van der Waals surface area contributed by atoms with Crippen LogP contribution >= 0.6 is 0 Å². The molecule has 0 spiro atoms. The zero-order valence-electron chi connectivity index (χ0n) is 11.9. The first-order valence-electron chi connectivity index (χ1n) is 6.98. The van der Waals surface area contributed by atoms with Gasteiger partial charge in [-0.2, -0.15) is 5.10 Å². The van der Waals surface area contributed by atoms with Crippen LogP contribution < -0.4 is 16.2 Å². The van der Waals surface area contributed by atoms with Gasteiger partial charge in [0, 0.05) is 6.42 Å². The van der Waals surface area contributed by atoms with Crippen LogP contribution in [0.25, 0.3) is 5.69 Å². The molecule has 0 saturated carbocycles. The molecule has 0 atom stereocenters. The van der Waals surface area contributed by atoms with Gasteiger partial charge in [-0.3, -0.25) is 0 Å². The summed E-state index contributed by atoms with van der Waals surface area (Å²) < 4.78 is 7.38. The van der Waals surface area contributed by atoms with Gasteiger partial charge in [-0.1, -0.05) is 30.3 Å². The van der Waals surface area contributed by atoms with E-state index in [1.54, 1.807) is 0 Å². The van der Waals surface area contributed by atoms with E-state index in [4.69, 9.17) is 10.5 Å². The summed E-state index contributed by atoms with van der Waals surface area (Å²) in [6, 6.07) is 16.7. The first-order chi connectivity index (χ1) is 10.8. The van der Waals surface area contributed by atoms with E-state index in [-0.39, 0.29) is 5.69 Å². The second kappa shape index (κ2) is 6.28. The molecular weight excluding hydrogens is 280 g/mol. The molecule has 0 radical (unpaired) electrons. The molecule has 0 amide bonds. The van der Waals surface area contributed by atoms with Crippen LogP contribution in [0.3, 0.4) is 0 Å². The topological polar surface area (TPSA) is 85.9 Å². The number of rotatable bonds is 5. The van der Waals surface area contributed by atoms with Crippen LogP contribution in [0.1, 0.15) is 5.82 Å². The highest BCUT2D eigenvalue weighted by Gasteiger charge is 2.14. The smallest absolute Gasteiger partial charge is 0.348 e. The summed E-state index contributed by atoms with van der Waals surface area (Å²) in [5.74, 6) is 1.86. The summed E-state index contributed by atoms with van der Waals surface area (Å²) in [5.41, 5.74) is 5.90. The predicted molar refractivity (Wildman–Crippen MR) is 83.5 cm³/mol. The largest absolute Gasteiger partial charge is 0.455 e. The van der Waals surface area contributed by atoms with Crippen molar-refractivity contribution in [2.45, 2.75) is 6.42 Å². The van der Waals surface area contributed by atoms with Crippen molar-refractivity contribution in [3.8, 4) is 17.2 Å². The van der Waals surface area contributed by atoms with Gasteiger partial charge in [0.15, 0.2) is 5.75 Å². The van der Waals surface area contributed by atoms with Crippen molar-refractivity contribution in [1.29, 1.82) is 0 Å². The van der Waals surface area contributed by atoms with E-state index in [0.717, 1.165) is 0 Å². The van der Waals surface area contributed by atoms with Crippen LogP contribution in [-0.2, 0) is 6.42 Å². The molecule has 0 bridgehead atoms. The molecule has 6 nitrogen and oxygen atoms in total. The molecule has 3 rings (SSSR count). The van der Waals surface area contributed by atoms with Crippen molar-refractivity contribution < 1.29 is 4.74 Å². The molecule has 1 heterocycles. The lowest BCUT2D eigenvalue weighted by Crippen LogP contribution is -2.19. The maximum atomic E-state index is 12.1. The monoisotopic (exact) mass is 296 g/mol. The number of nitrogens with two attached hydrogens (primary N) is 1. The Labute approximate surface area is 127 Å². The lowest BCUT2D eigenvalue weighted by atomic mass is 10.2. The van der Waals surface area contributed by atoms with Gasteiger partial charge >= 0.3 is 5.69 Å². The summed E-state index contributed by atoms with van der Waals surface area (Å²) >= 11 is 0. The molecule has 112 valence electrons. The third-order valence-electron chi connectivity index (χ3n) is 3.19. The summed E-state index contributed by atoms with van der Waals surface area (Å²) in [5, 5.41) is 6.48. The molecule has 3 aromatic rings. The molecule has 0 saturated heterocycles. The van der Waals surface area contributed by atoms with Gasteiger partial charge in [-0.25, -0.2) is 14.5 Å². The first kappa shape index (κ1) is 14.1. The first-order valence-corrected chi connectivity index (χ1v) is 6.98. The van der Waals surface area contributed by atoms with Crippen LogP contribution in [0.5, 0.6) is 11.5 Å². The fourth-order valence-corrected chi connectivity index (χ4v) is 2.22. The molecular formula is C16H16N4O2. The van der Waals surface area contributed by atoms with E-state index in [0.29, 0.717) is 36.0 Å². The highest BCUT2D eigenvalue weighted by Crippen LogP contribution is 2.27. The van der Waals surface area contributed by atoms with Crippen molar-refractivity contribution in [3.05, 3.63) is 70.9 Å². The molecule has 0 aliphatic carbocycles. The van der Waals surface area contributed by atoms with Crippen molar-refractivity contribution in [3.63, 3.8) is 0 Å². The fourth-order valence-electron chi connectivity index (χ4n) is 2.22. The Morgan fingerprint density at radius 3 is 2.59 bits per heavy atom. The second-order valence-electron chi connectivity index (χ2n) is 4.70. The number of hydrogen-bond acceptors (Lipinski definition) is 4. The number of para-hydroxylation sites is 3. The number of H-pyrrole nitrogens is 1. The Morgan fingerprint density at radius 1 is 1.09 bits per heavy atom. The SMILES string of the molecule is NCCc1n[nH]c(=O)n1-c1ccccc1Oc1ccccc1. The number of nitrogens with zero attached hydrogens (tertiary/aromatic N) is 2. The number of hydrogen-bond donors (Lipinski definition) is 2. The molecule has 22 heavy (non-hydrogen) atoms. The van der Waals surface area contributed by atoms with E-state index in [1.807, 2.05) is 54.6 Å². The summed E-state index contributed by atoms with van der Waals surface area (Å²) in [6.45, 7) is 0.409. The lowest BCUT2D eigenvalue weighted by molar-refractivity contribution is 0.479. The van der Waals surface area contributed by atoms with E-state index in [2.05, 4.69) is 10.2 Å².